The Hall–Kier alpha value is -1.98. The van der Waals surface area contributed by atoms with Gasteiger partial charge in [0.2, 0.25) is 0 Å². The number of benzene rings is 1. The molecule has 2 rings (SSSR count). The number of ether oxygens (including phenoxy) is 1. The lowest BCUT2D eigenvalue weighted by Gasteiger charge is -2.11. The monoisotopic (exact) mass is 267 g/mol. The molecule has 0 aliphatic heterocycles. The van der Waals surface area contributed by atoms with E-state index >= 15 is 0 Å². The molecule has 0 aliphatic carbocycles. The number of halogens is 2. The fraction of sp³-hybridized carbons (Fsp3) is 0.385. The zero-order valence-corrected chi connectivity index (χ0v) is 10.8. The van der Waals surface area contributed by atoms with Gasteiger partial charge in [0.15, 0.2) is 5.82 Å². The van der Waals surface area contributed by atoms with Crippen LogP contribution in [0.15, 0.2) is 18.2 Å². The molecule has 1 aromatic carbocycles. The SMILES string of the molecule is CCCNc1nc(C(F)F)nc2ccc(OC)cc12. The molecule has 0 spiro atoms. The zero-order valence-electron chi connectivity index (χ0n) is 10.8. The summed E-state index contributed by atoms with van der Waals surface area (Å²) < 4.78 is 30.7. The summed E-state index contributed by atoms with van der Waals surface area (Å²) in [5.41, 5.74) is 0.477. The zero-order chi connectivity index (χ0) is 13.8. The third kappa shape index (κ3) is 2.89. The van der Waals surface area contributed by atoms with Crippen LogP contribution in [0, 0.1) is 0 Å². The van der Waals surface area contributed by atoms with Gasteiger partial charge in [0.25, 0.3) is 6.43 Å². The molecule has 1 heterocycles. The van der Waals surface area contributed by atoms with Crippen molar-refractivity contribution < 1.29 is 13.5 Å². The van der Waals surface area contributed by atoms with Crippen molar-refractivity contribution in [2.45, 2.75) is 19.8 Å². The minimum absolute atomic E-state index is 0.418. The predicted molar refractivity (Wildman–Crippen MR) is 69.8 cm³/mol. The highest BCUT2D eigenvalue weighted by Crippen LogP contribution is 2.27. The Morgan fingerprint density at radius 1 is 1.32 bits per heavy atom. The van der Waals surface area contributed by atoms with Gasteiger partial charge in [0.1, 0.15) is 11.6 Å². The summed E-state index contributed by atoms with van der Waals surface area (Å²) in [5.74, 6) is 0.595. The number of nitrogens with one attached hydrogen (secondary N) is 1. The van der Waals surface area contributed by atoms with Gasteiger partial charge in [-0.15, -0.1) is 0 Å². The lowest BCUT2D eigenvalue weighted by Crippen LogP contribution is -2.06. The van der Waals surface area contributed by atoms with E-state index in [9.17, 15) is 8.78 Å². The molecule has 4 nitrogen and oxygen atoms in total. The van der Waals surface area contributed by atoms with Gasteiger partial charge in [-0.05, 0) is 24.6 Å². The van der Waals surface area contributed by atoms with E-state index in [1.807, 2.05) is 6.92 Å². The molecule has 0 radical (unpaired) electrons. The number of anilines is 1. The van der Waals surface area contributed by atoms with E-state index in [2.05, 4.69) is 15.3 Å². The van der Waals surface area contributed by atoms with Crippen LogP contribution in [0.1, 0.15) is 25.6 Å². The second-order valence-corrected chi connectivity index (χ2v) is 4.04. The number of aromatic nitrogens is 2. The summed E-state index contributed by atoms with van der Waals surface area (Å²) in [6.07, 6.45) is -1.81. The van der Waals surface area contributed by atoms with Crippen molar-refractivity contribution in [1.82, 2.24) is 9.97 Å². The van der Waals surface area contributed by atoms with Crippen molar-refractivity contribution >= 4 is 16.7 Å². The molecule has 1 aromatic heterocycles. The summed E-state index contributed by atoms with van der Waals surface area (Å²) in [6.45, 7) is 2.65. The van der Waals surface area contributed by atoms with Gasteiger partial charge in [-0.2, -0.15) is 0 Å². The Kier molecular flexibility index (Phi) is 4.09. The maximum Gasteiger partial charge on any atom is 0.297 e. The molecule has 19 heavy (non-hydrogen) atoms. The standard InChI is InChI=1S/C13H15F2N3O/c1-3-6-16-12-9-7-8(19-2)4-5-10(9)17-13(18-12)11(14)15/h4-5,7,11H,3,6H2,1-2H3,(H,16,17,18). The van der Waals surface area contributed by atoms with E-state index < -0.39 is 12.2 Å². The number of rotatable bonds is 5. The number of hydrogen-bond donors (Lipinski definition) is 1. The van der Waals surface area contributed by atoms with Gasteiger partial charge < -0.3 is 10.1 Å². The van der Waals surface area contributed by atoms with Gasteiger partial charge in [-0.3, -0.25) is 0 Å². The van der Waals surface area contributed by atoms with Crippen LogP contribution in [0.4, 0.5) is 14.6 Å². The van der Waals surface area contributed by atoms with Crippen LogP contribution in [-0.4, -0.2) is 23.6 Å². The molecule has 0 saturated carbocycles. The Morgan fingerprint density at radius 2 is 2.11 bits per heavy atom. The highest BCUT2D eigenvalue weighted by molar-refractivity contribution is 5.90. The molecular weight excluding hydrogens is 252 g/mol. The molecule has 0 aliphatic rings. The molecule has 0 bridgehead atoms. The minimum atomic E-state index is -2.69. The van der Waals surface area contributed by atoms with Crippen LogP contribution < -0.4 is 10.1 Å². The number of nitrogens with zero attached hydrogens (tertiary/aromatic N) is 2. The molecule has 0 amide bonds. The van der Waals surface area contributed by atoms with Crippen LogP contribution >= 0.6 is 0 Å². The number of hydrogen-bond acceptors (Lipinski definition) is 4. The summed E-state index contributed by atoms with van der Waals surface area (Å²) in [7, 11) is 1.55. The third-order valence-electron chi connectivity index (χ3n) is 2.66. The second-order valence-electron chi connectivity index (χ2n) is 4.04. The fourth-order valence-corrected chi connectivity index (χ4v) is 1.73. The summed E-state index contributed by atoms with van der Waals surface area (Å²) in [4.78, 5) is 7.75. The Balaban J connectivity index is 2.56. The van der Waals surface area contributed by atoms with Gasteiger partial charge in [-0.25, -0.2) is 18.7 Å². The molecule has 6 heteroatoms. The van der Waals surface area contributed by atoms with E-state index in [-0.39, 0.29) is 0 Å². The topological polar surface area (TPSA) is 47.0 Å². The van der Waals surface area contributed by atoms with Crippen molar-refractivity contribution in [1.29, 1.82) is 0 Å². The minimum Gasteiger partial charge on any atom is -0.497 e. The molecule has 0 atom stereocenters. The van der Waals surface area contributed by atoms with Crippen LogP contribution in [0.5, 0.6) is 5.75 Å². The summed E-state index contributed by atoms with van der Waals surface area (Å²) >= 11 is 0. The van der Waals surface area contributed by atoms with Crippen molar-refractivity contribution in [2.24, 2.45) is 0 Å². The van der Waals surface area contributed by atoms with Crippen LogP contribution in [0.25, 0.3) is 10.9 Å². The molecule has 0 fully saturated rings. The summed E-state index contributed by atoms with van der Waals surface area (Å²) in [6, 6.07) is 5.08. The molecule has 0 saturated heterocycles. The highest BCUT2D eigenvalue weighted by atomic mass is 19.3. The van der Waals surface area contributed by atoms with Crippen LogP contribution in [-0.2, 0) is 0 Å². The quantitative estimate of drug-likeness (QED) is 0.902. The van der Waals surface area contributed by atoms with Gasteiger partial charge in [0.05, 0.1) is 12.6 Å². The first-order chi connectivity index (χ1) is 9.15. The number of alkyl halides is 2. The maximum atomic E-state index is 12.8. The highest BCUT2D eigenvalue weighted by Gasteiger charge is 2.15. The Bertz CT molecular complexity index is 575. The molecular formula is C13H15F2N3O. The van der Waals surface area contributed by atoms with Crippen LogP contribution in [0.3, 0.4) is 0 Å². The summed E-state index contributed by atoms with van der Waals surface area (Å²) in [5, 5.41) is 3.72. The number of fused-ring (bicyclic) bond motifs is 1. The average molecular weight is 267 g/mol. The Morgan fingerprint density at radius 3 is 2.74 bits per heavy atom. The number of methoxy groups -OCH3 is 1. The van der Waals surface area contributed by atoms with E-state index in [1.165, 1.54) is 0 Å². The van der Waals surface area contributed by atoms with Gasteiger partial charge in [0, 0.05) is 11.9 Å². The normalized spacial score (nSPS) is 11.0. The van der Waals surface area contributed by atoms with Gasteiger partial charge in [-0.1, -0.05) is 6.92 Å². The largest absolute Gasteiger partial charge is 0.497 e. The molecule has 0 unspecified atom stereocenters. The molecule has 1 N–H and O–H groups in total. The third-order valence-corrected chi connectivity index (χ3v) is 2.66. The fourth-order valence-electron chi connectivity index (χ4n) is 1.73. The van der Waals surface area contributed by atoms with Crippen molar-refractivity contribution in [3.63, 3.8) is 0 Å². The lowest BCUT2D eigenvalue weighted by atomic mass is 10.2. The second kappa shape index (κ2) is 5.77. The lowest BCUT2D eigenvalue weighted by molar-refractivity contribution is 0.141. The molecule has 2 aromatic rings. The first-order valence-corrected chi connectivity index (χ1v) is 6.03. The van der Waals surface area contributed by atoms with E-state index in [0.717, 1.165) is 6.42 Å². The van der Waals surface area contributed by atoms with E-state index in [4.69, 9.17) is 4.74 Å². The smallest absolute Gasteiger partial charge is 0.297 e. The van der Waals surface area contributed by atoms with Gasteiger partial charge >= 0.3 is 0 Å². The molecule has 102 valence electrons. The van der Waals surface area contributed by atoms with Crippen molar-refractivity contribution in [3.05, 3.63) is 24.0 Å². The maximum absolute atomic E-state index is 12.8. The van der Waals surface area contributed by atoms with Crippen molar-refractivity contribution in [2.75, 3.05) is 19.0 Å². The first-order valence-electron chi connectivity index (χ1n) is 6.03. The van der Waals surface area contributed by atoms with E-state index in [1.54, 1.807) is 25.3 Å². The van der Waals surface area contributed by atoms with Crippen molar-refractivity contribution in [3.8, 4) is 5.75 Å². The average Bonchev–Trinajstić information content (AvgIpc) is 2.43. The Labute approximate surface area is 109 Å². The van der Waals surface area contributed by atoms with Crippen LogP contribution in [0.2, 0.25) is 0 Å². The predicted octanol–water partition coefficient (Wildman–Crippen LogP) is 3.40. The first kappa shape index (κ1) is 13.5. The van der Waals surface area contributed by atoms with E-state index in [0.29, 0.717) is 29.0 Å².